The van der Waals surface area contributed by atoms with Crippen LogP contribution in [0.2, 0.25) is 0 Å². The molecule has 0 radical (unpaired) electrons. The van der Waals surface area contributed by atoms with E-state index in [1.807, 2.05) is 0 Å². The molecule has 1 aliphatic rings. The maximum Gasteiger partial charge on any atom is 0.338 e. The van der Waals surface area contributed by atoms with Crippen LogP contribution in [-0.2, 0) is 4.74 Å². The van der Waals surface area contributed by atoms with Gasteiger partial charge in [0.25, 0.3) is 0 Å². The highest BCUT2D eigenvalue weighted by atomic mass is 79.9. The van der Waals surface area contributed by atoms with Gasteiger partial charge in [-0.25, -0.2) is 4.79 Å². The Labute approximate surface area is 199 Å². The van der Waals surface area contributed by atoms with Crippen molar-refractivity contribution in [2.24, 2.45) is 0 Å². The lowest BCUT2D eigenvalue weighted by Gasteiger charge is -2.37. The van der Waals surface area contributed by atoms with Crippen molar-refractivity contribution in [2.45, 2.75) is 17.0 Å². The maximum absolute atomic E-state index is 12.8. The standard InChI is InChI=1S/C22H17BrO11/c23-17-16-10(25)5-9(24)6-15(16)33-20(7-1-11(26)18(30)12(27)2-7)21(17)34-22(32)8-3-13(28)19(31)14(29)4-8/h1-6,17,20-21,24-31H/t17-,20-,21-/m1/s1. The second-order valence-corrected chi connectivity index (χ2v) is 8.44. The van der Waals surface area contributed by atoms with Crippen LogP contribution in [-0.4, -0.2) is 52.9 Å². The SMILES string of the molecule is O=C(O[C@@H]1[C@H](Br)c2c(O)cc(O)cc2O[C@@H]1c1cc(O)c(O)c(O)c1)c1cc(O)c(O)c(O)c1. The summed E-state index contributed by atoms with van der Waals surface area (Å²) in [6.07, 6.45) is -2.55. The lowest BCUT2D eigenvalue weighted by Crippen LogP contribution is -2.36. The molecule has 0 saturated carbocycles. The number of phenolic OH excluding ortho intramolecular Hbond substituents is 8. The lowest BCUT2D eigenvalue weighted by molar-refractivity contribution is -0.0195. The third-order valence-electron chi connectivity index (χ3n) is 5.19. The van der Waals surface area contributed by atoms with E-state index in [9.17, 15) is 45.6 Å². The number of alkyl halides is 1. The van der Waals surface area contributed by atoms with E-state index in [2.05, 4.69) is 15.9 Å². The van der Waals surface area contributed by atoms with Crippen molar-refractivity contribution >= 4 is 21.9 Å². The summed E-state index contributed by atoms with van der Waals surface area (Å²) in [5.41, 5.74) is -0.154. The van der Waals surface area contributed by atoms with Gasteiger partial charge in [0.05, 0.1) is 16.0 Å². The van der Waals surface area contributed by atoms with Gasteiger partial charge in [0.1, 0.15) is 17.2 Å². The first-order valence-corrected chi connectivity index (χ1v) is 10.5. The van der Waals surface area contributed by atoms with E-state index >= 15 is 0 Å². The van der Waals surface area contributed by atoms with E-state index < -0.39 is 57.5 Å². The number of hydrogen-bond acceptors (Lipinski definition) is 11. The van der Waals surface area contributed by atoms with Gasteiger partial charge in [0.15, 0.2) is 46.7 Å². The predicted octanol–water partition coefficient (Wildman–Crippen LogP) is 3.13. The van der Waals surface area contributed by atoms with Crippen LogP contribution in [0.5, 0.6) is 51.7 Å². The number of hydrogen-bond donors (Lipinski definition) is 8. The van der Waals surface area contributed by atoms with Gasteiger partial charge in [-0.15, -0.1) is 0 Å². The Kier molecular flexibility index (Phi) is 5.61. The summed E-state index contributed by atoms with van der Waals surface area (Å²) in [4.78, 5) is 11.9. The first-order chi connectivity index (χ1) is 16.0. The van der Waals surface area contributed by atoms with E-state index in [0.29, 0.717) is 0 Å². The van der Waals surface area contributed by atoms with Crippen molar-refractivity contribution < 1.29 is 55.1 Å². The number of carbonyl (C=O) groups excluding carboxylic acids is 1. The van der Waals surface area contributed by atoms with E-state index in [1.54, 1.807) is 0 Å². The van der Waals surface area contributed by atoms with Crippen LogP contribution in [0.3, 0.4) is 0 Å². The highest BCUT2D eigenvalue weighted by Gasteiger charge is 2.43. The second kappa shape index (κ2) is 8.30. The second-order valence-electron chi connectivity index (χ2n) is 7.46. The molecule has 0 bridgehead atoms. The molecule has 4 rings (SSSR count). The first kappa shape index (κ1) is 23.0. The summed E-state index contributed by atoms with van der Waals surface area (Å²) in [7, 11) is 0. The highest BCUT2D eigenvalue weighted by molar-refractivity contribution is 9.09. The zero-order chi connectivity index (χ0) is 24.9. The van der Waals surface area contributed by atoms with E-state index in [1.165, 1.54) is 6.07 Å². The molecule has 0 unspecified atom stereocenters. The van der Waals surface area contributed by atoms with Crippen LogP contribution in [0.1, 0.15) is 32.4 Å². The van der Waals surface area contributed by atoms with Crippen LogP contribution in [0.25, 0.3) is 0 Å². The minimum atomic E-state index is -1.29. The number of esters is 1. The molecule has 8 N–H and O–H groups in total. The van der Waals surface area contributed by atoms with E-state index in [-0.39, 0.29) is 33.9 Å². The summed E-state index contributed by atoms with van der Waals surface area (Å²) in [6, 6.07) is 6.09. The average molecular weight is 537 g/mol. The number of aromatic hydroxyl groups is 8. The molecule has 178 valence electrons. The molecule has 1 heterocycles. The number of rotatable bonds is 3. The number of carbonyl (C=O) groups is 1. The molecule has 0 spiro atoms. The van der Waals surface area contributed by atoms with Crippen molar-refractivity contribution in [3.63, 3.8) is 0 Å². The van der Waals surface area contributed by atoms with Crippen LogP contribution in [0.4, 0.5) is 0 Å². The minimum absolute atomic E-state index is 0.00338. The Morgan fingerprint density at radius 3 is 1.85 bits per heavy atom. The molecule has 12 heteroatoms. The van der Waals surface area contributed by atoms with Gasteiger partial charge in [-0.2, -0.15) is 0 Å². The molecule has 34 heavy (non-hydrogen) atoms. The van der Waals surface area contributed by atoms with Crippen molar-refractivity contribution in [1.29, 1.82) is 0 Å². The topological polar surface area (TPSA) is 197 Å². The van der Waals surface area contributed by atoms with Crippen molar-refractivity contribution in [2.75, 3.05) is 0 Å². The number of halogens is 1. The molecule has 0 aromatic heterocycles. The van der Waals surface area contributed by atoms with Crippen LogP contribution in [0.15, 0.2) is 36.4 Å². The van der Waals surface area contributed by atoms with Gasteiger partial charge in [0, 0.05) is 17.7 Å². The Morgan fingerprint density at radius 1 is 0.765 bits per heavy atom. The van der Waals surface area contributed by atoms with E-state index in [0.717, 1.165) is 30.3 Å². The third kappa shape index (κ3) is 3.88. The van der Waals surface area contributed by atoms with Gasteiger partial charge in [-0.05, 0) is 24.3 Å². The first-order valence-electron chi connectivity index (χ1n) is 9.55. The highest BCUT2D eigenvalue weighted by Crippen LogP contribution is 2.52. The molecular formula is C22H17BrO11. The Morgan fingerprint density at radius 2 is 1.29 bits per heavy atom. The molecule has 3 aromatic rings. The fourth-order valence-corrected chi connectivity index (χ4v) is 4.42. The van der Waals surface area contributed by atoms with Gasteiger partial charge >= 0.3 is 5.97 Å². The average Bonchev–Trinajstić information content (AvgIpc) is 2.76. The zero-order valence-electron chi connectivity index (χ0n) is 16.9. The Hall–Kier alpha value is -4.19. The molecular weight excluding hydrogens is 520 g/mol. The summed E-state index contributed by atoms with van der Waals surface area (Å²) in [5.74, 6) is -6.30. The molecule has 3 aromatic carbocycles. The smallest absolute Gasteiger partial charge is 0.338 e. The number of benzene rings is 3. The summed E-state index contributed by atoms with van der Waals surface area (Å²) in [6.45, 7) is 0. The molecule has 11 nitrogen and oxygen atoms in total. The lowest BCUT2D eigenvalue weighted by atomic mass is 9.93. The summed E-state index contributed by atoms with van der Waals surface area (Å²) >= 11 is 3.35. The molecule has 0 amide bonds. The fraction of sp³-hybridized carbons (Fsp3) is 0.136. The number of phenols is 8. The summed E-state index contributed by atoms with van der Waals surface area (Å²) in [5, 5.41) is 78.7. The summed E-state index contributed by atoms with van der Waals surface area (Å²) < 4.78 is 11.4. The van der Waals surface area contributed by atoms with Crippen molar-refractivity contribution in [1.82, 2.24) is 0 Å². The van der Waals surface area contributed by atoms with E-state index in [4.69, 9.17) is 9.47 Å². The predicted molar refractivity (Wildman–Crippen MR) is 117 cm³/mol. The van der Waals surface area contributed by atoms with Crippen LogP contribution >= 0.6 is 15.9 Å². The Balaban J connectivity index is 1.80. The maximum atomic E-state index is 12.8. The normalized spacial score (nSPS) is 19.1. The van der Waals surface area contributed by atoms with Crippen molar-refractivity contribution in [3.8, 4) is 51.7 Å². The monoisotopic (exact) mass is 536 g/mol. The Bertz CT molecular complexity index is 1260. The molecule has 0 saturated heterocycles. The molecule has 1 aliphatic heterocycles. The molecule has 3 atom stereocenters. The van der Waals surface area contributed by atoms with Crippen LogP contribution in [0, 0.1) is 0 Å². The van der Waals surface area contributed by atoms with Gasteiger partial charge < -0.3 is 50.3 Å². The largest absolute Gasteiger partial charge is 0.508 e. The quantitative estimate of drug-likeness (QED) is 0.139. The zero-order valence-corrected chi connectivity index (χ0v) is 18.5. The molecule has 0 fully saturated rings. The third-order valence-corrected chi connectivity index (χ3v) is 6.17. The van der Waals surface area contributed by atoms with Gasteiger partial charge in [0.2, 0.25) is 0 Å². The van der Waals surface area contributed by atoms with Crippen LogP contribution < -0.4 is 4.74 Å². The molecule has 0 aliphatic carbocycles. The number of fused-ring (bicyclic) bond motifs is 1. The fourth-order valence-electron chi connectivity index (χ4n) is 3.58. The van der Waals surface area contributed by atoms with Gasteiger partial charge in [-0.3, -0.25) is 0 Å². The van der Waals surface area contributed by atoms with Crippen molar-refractivity contribution in [3.05, 3.63) is 53.1 Å². The van der Waals surface area contributed by atoms with Gasteiger partial charge in [-0.1, -0.05) is 15.9 Å². The number of ether oxygens (including phenoxy) is 2. The minimum Gasteiger partial charge on any atom is -0.508 e.